The first-order chi connectivity index (χ1) is 13.3. The van der Waals surface area contributed by atoms with Gasteiger partial charge in [-0.15, -0.1) is 0 Å². The van der Waals surface area contributed by atoms with Crippen molar-refractivity contribution in [2.24, 2.45) is 0 Å². The van der Waals surface area contributed by atoms with Gasteiger partial charge in [0.25, 0.3) is 0 Å². The molecule has 28 heavy (non-hydrogen) atoms. The quantitative estimate of drug-likeness (QED) is 0.503. The van der Waals surface area contributed by atoms with Gasteiger partial charge in [0, 0.05) is 29.9 Å². The molecule has 0 radical (unpaired) electrons. The number of benzene rings is 1. The van der Waals surface area contributed by atoms with Crippen molar-refractivity contribution in [1.29, 1.82) is 0 Å². The standard InChI is InChI=1S/C21H21N3O3S/c1-4-5-16(14-15(2)25)20-11-10-19(21-22-12-13-24(20)21)23-17-6-8-18(9-7-17)28(3,26)27/h4-14,23H,1-3H3/b5-4-,16-14+. The van der Waals surface area contributed by atoms with E-state index in [0.29, 0.717) is 5.65 Å². The second-order valence-corrected chi connectivity index (χ2v) is 8.40. The summed E-state index contributed by atoms with van der Waals surface area (Å²) in [6.45, 7) is 3.42. The average molecular weight is 395 g/mol. The van der Waals surface area contributed by atoms with Crippen molar-refractivity contribution < 1.29 is 13.2 Å². The summed E-state index contributed by atoms with van der Waals surface area (Å²) in [5.74, 6) is -0.0328. The first-order valence-corrected chi connectivity index (χ1v) is 10.6. The smallest absolute Gasteiger partial charge is 0.175 e. The molecule has 0 bridgehead atoms. The molecule has 2 aromatic heterocycles. The van der Waals surface area contributed by atoms with Gasteiger partial charge in [-0.05, 0) is 56.3 Å². The third-order valence-corrected chi connectivity index (χ3v) is 5.24. The number of carbonyl (C=O) groups excluding carboxylic acids is 1. The van der Waals surface area contributed by atoms with Crippen LogP contribution in [0, 0.1) is 0 Å². The third kappa shape index (κ3) is 4.20. The topological polar surface area (TPSA) is 80.5 Å². The molecular formula is C21H21N3O3S. The van der Waals surface area contributed by atoms with Crippen LogP contribution in [-0.2, 0) is 14.6 Å². The summed E-state index contributed by atoms with van der Waals surface area (Å²) in [7, 11) is -3.23. The summed E-state index contributed by atoms with van der Waals surface area (Å²) in [5, 5.41) is 3.27. The highest BCUT2D eigenvalue weighted by atomic mass is 32.2. The summed E-state index contributed by atoms with van der Waals surface area (Å²) in [6, 6.07) is 10.4. The molecule has 0 saturated heterocycles. The highest BCUT2D eigenvalue weighted by molar-refractivity contribution is 7.90. The van der Waals surface area contributed by atoms with E-state index < -0.39 is 9.84 Å². The maximum Gasteiger partial charge on any atom is 0.175 e. The van der Waals surface area contributed by atoms with Crippen LogP contribution in [0.15, 0.2) is 71.9 Å². The van der Waals surface area contributed by atoms with Crippen LogP contribution in [0.1, 0.15) is 19.5 Å². The number of hydrogen-bond donors (Lipinski definition) is 1. The summed E-state index contributed by atoms with van der Waals surface area (Å²) < 4.78 is 25.1. The predicted molar refractivity (Wildman–Crippen MR) is 111 cm³/mol. The Morgan fingerprint density at radius 2 is 1.86 bits per heavy atom. The summed E-state index contributed by atoms with van der Waals surface area (Å²) in [5.41, 5.74) is 3.85. The van der Waals surface area contributed by atoms with Gasteiger partial charge in [0.2, 0.25) is 0 Å². The van der Waals surface area contributed by atoms with Crippen molar-refractivity contribution in [3.05, 3.63) is 72.7 Å². The highest BCUT2D eigenvalue weighted by Gasteiger charge is 2.11. The largest absolute Gasteiger partial charge is 0.352 e. The molecule has 3 rings (SSSR count). The van der Waals surface area contributed by atoms with E-state index in [1.165, 1.54) is 13.2 Å². The zero-order valence-corrected chi connectivity index (χ0v) is 16.7. The van der Waals surface area contributed by atoms with Crippen LogP contribution < -0.4 is 5.32 Å². The Kier molecular flexibility index (Phi) is 5.46. The molecule has 0 fully saturated rings. The van der Waals surface area contributed by atoms with Crippen molar-refractivity contribution in [1.82, 2.24) is 9.38 Å². The van der Waals surface area contributed by atoms with E-state index in [1.54, 1.807) is 36.5 Å². The molecule has 3 aromatic rings. The fourth-order valence-electron chi connectivity index (χ4n) is 2.89. The molecule has 144 valence electrons. The number of nitrogens with one attached hydrogen (secondary N) is 1. The summed E-state index contributed by atoms with van der Waals surface area (Å²) >= 11 is 0. The molecule has 0 aliphatic carbocycles. The van der Waals surface area contributed by atoms with Gasteiger partial charge in [-0.2, -0.15) is 0 Å². The van der Waals surface area contributed by atoms with Crippen molar-refractivity contribution in [3.8, 4) is 0 Å². The lowest BCUT2D eigenvalue weighted by molar-refractivity contribution is -0.112. The van der Waals surface area contributed by atoms with E-state index in [-0.39, 0.29) is 10.7 Å². The number of pyridine rings is 1. The van der Waals surface area contributed by atoms with Crippen LogP contribution in [-0.4, -0.2) is 29.8 Å². The Hall–Kier alpha value is -3.19. The zero-order valence-electron chi connectivity index (χ0n) is 15.9. The van der Waals surface area contributed by atoms with Crippen molar-refractivity contribution in [2.75, 3.05) is 11.6 Å². The van der Waals surface area contributed by atoms with Crippen molar-refractivity contribution in [2.45, 2.75) is 18.7 Å². The van der Waals surface area contributed by atoms with E-state index in [0.717, 1.165) is 22.6 Å². The maximum atomic E-state index is 11.6. The van der Waals surface area contributed by atoms with Gasteiger partial charge >= 0.3 is 0 Å². The number of rotatable bonds is 6. The Bertz CT molecular complexity index is 1190. The molecular weight excluding hydrogens is 374 g/mol. The van der Waals surface area contributed by atoms with Crippen LogP contribution in [0.2, 0.25) is 0 Å². The number of ketones is 1. The van der Waals surface area contributed by atoms with Crippen molar-refractivity contribution in [3.63, 3.8) is 0 Å². The van der Waals surface area contributed by atoms with Crippen LogP contribution in [0.4, 0.5) is 11.4 Å². The first kappa shape index (κ1) is 19.6. The van der Waals surface area contributed by atoms with Crippen molar-refractivity contribution >= 4 is 38.2 Å². The molecule has 0 aliphatic heterocycles. The molecule has 1 aromatic carbocycles. The third-order valence-electron chi connectivity index (χ3n) is 4.11. The monoisotopic (exact) mass is 395 g/mol. The minimum absolute atomic E-state index is 0.0328. The van der Waals surface area contributed by atoms with E-state index >= 15 is 0 Å². The first-order valence-electron chi connectivity index (χ1n) is 8.68. The Labute approximate surface area is 164 Å². The van der Waals surface area contributed by atoms with E-state index in [1.807, 2.05) is 41.8 Å². The molecule has 0 spiro atoms. The van der Waals surface area contributed by atoms with E-state index in [9.17, 15) is 13.2 Å². The van der Waals surface area contributed by atoms with Crippen LogP contribution in [0.25, 0.3) is 11.2 Å². The number of hydrogen-bond acceptors (Lipinski definition) is 5. The number of allylic oxidation sites excluding steroid dienone is 4. The maximum absolute atomic E-state index is 11.6. The number of nitrogens with zero attached hydrogens (tertiary/aromatic N) is 2. The lowest BCUT2D eigenvalue weighted by Crippen LogP contribution is -2.01. The fraction of sp³-hybridized carbons (Fsp3) is 0.143. The molecule has 0 amide bonds. The highest BCUT2D eigenvalue weighted by Crippen LogP contribution is 2.26. The molecule has 2 heterocycles. The van der Waals surface area contributed by atoms with Crippen LogP contribution >= 0.6 is 0 Å². The zero-order chi connectivity index (χ0) is 20.3. The number of fused-ring (bicyclic) bond motifs is 1. The van der Waals surface area contributed by atoms with Gasteiger partial charge in [-0.3, -0.25) is 9.20 Å². The molecule has 0 atom stereocenters. The second-order valence-electron chi connectivity index (χ2n) is 6.38. The van der Waals surface area contributed by atoms with Gasteiger partial charge in [0.05, 0.1) is 16.3 Å². The lowest BCUT2D eigenvalue weighted by atomic mass is 10.1. The minimum Gasteiger partial charge on any atom is -0.352 e. The van der Waals surface area contributed by atoms with Crippen LogP contribution in [0.5, 0.6) is 0 Å². The number of anilines is 2. The fourth-order valence-corrected chi connectivity index (χ4v) is 3.52. The van der Waals surface area contributed by atoms with Gasteiger partial charge in [-0.25, -0.2) is 13.4 Å². The SMILES string of the molecule is C/C=C\C(=C/C(C)=O)c1ccc(Nc2ccc(S(C)(=O)=O)cc2)c2nccn12. The lowest BCUT2D eigenvalue weighted by Gasteiger charge is -2.12. The number of aromatic nitrogens is 2. The Morgan fingerprint density at radius 1 is 1.14 bits per heavy atom. The summed E-state index contributed by atoms with van der Waals surface area (Å²) in [6.07, 6.45) is 10.1. The van der Waals surface area contributed by atoms with Gasteiger partial charge in [0.15, 0.2) is 21.3 Å². The predicted octanol–water partition coefficient (Wildman–Crippen LogP) is 4.03. The van der Waals surface area contributed by atoms with Gasteiger partial charge in [0.1, 0.15) is 0 Å². The molecule has 6 nitrogen and oxygen atoms in total. The van der Waals surface area contributed by atoms with Crippen LogP contribution in [0.3, 0.4) is 0 Å². The second kappa shape index (κ2) is 7.82. The number of sulfone groups is 1. The summed E-state index contributed by atoms with van der Waals surface area (Å²) in [4.78, 5) is 16.3. The average Bonchev–Trinajstić information content (AvgIpc) is 3.11. The van der Waals surface area contributed by atoms with Gasteiger partial charge in [-0.1, -0.05) is 12.2 Å². The molecule has 0 unspecified atom stereocenters. The Balaban J connectivity index is 2.01. The van der Waals surface area contributed by atoms with E-state index in [2.05, 4.69) is 10.3 Å². The normalized spacial score (nSPS) is 12.6. The minimum atomic E-state index is -3.23. The molecule has 7 heteroatoms. The molecule has 1 N–H and O–H groups in total. The number of imidazole rings is 1. The molecule has 0 aliphatic rings. The molecule has 0 saturated carbocycles. The Morgan fingerprint density at radius 3 is 2.46 bits per heavy atom. The van der Waals surface area contributed by atoms with E-state index in [4.69, 9.17) is 0 Å². The number of carbonyl (C=O) groups is 1. The van der Waals surface area contributed by atoms with Gasteiger partial charge < -0.3 is 5.32 Å².